The molecule has 0 radical (unpaired) electrons. The van der Waals surface area contributed by atoms with Crippen molar-refractivity contribution in [1.29, 1.82) is 0 Å². The smallest absolute Gasteiger partial charge is 0.191 e. The van der Waals surface area contributed by atoms with Gasteiger partial charge in [-0.2, -0.15) is 0 Å². The molecule has 1 aliphatic rings. The minimum absolute atomic E-state index is 0.684. The molecule has 1 saturated heterocycles. The molecule has 1 fully saturated rings. The number of benzene rings is 1. The van der Waals surface area contributed by atoms with Crippen LogP contribution in [-0.4, -0.2) is 49.6 Å². The summed E-state index contributed by atoms with van der Waals surface area (Å²) in [6.07, 6.45) is 3.46. The van der Waals surface area contributed by atoms with Crippen molar-refractivity contribution in [3.05, 3.63) is 45.9 Å². The highest BCUT2D eigenvalue weighted by atomic mass is 32.1. The zero-order valence-electron chi connectivity index (χ0n) is 17.8. The quantitative estimate of drug-likeness (QED) is 0.512. The van der Waals surface area contributed by atoms with Crippen LogP contribution < -0.4 is 15.4 Å². The van der Waals surface area contributed by atoms with Gasteiger partial charge < -0.3 is 15.4 Å². The average molecular weight is 416 g/mol. The number of thiazole rings is 1. The topological polar surface area (TPSA) is 61.8 Å². The summed E-state index contributed by atoms with van der Waals surface area (Å²) in [4.78, 5) is 11.6. The molecule has 1 aliphatic heterocycles. The summed E-state index contributed by atoms with van der Waals surface area (Å²) >= 11 is 1.78. The van der Waals surface area contributed by atoms with Crippen LogP contribution in [0.4, 0.5) is 0 Å². The van der Waals surface area contributed by atoms with Gasteiger partial charge in [0.05, 0.1) is 17.8 Å². The van der Waals surface area contributed by atoms with Crippen LogP contribution in [0.3, 0.4) is 0 Å². The lowest BCUT2D eigenvalue weighted by Gasteiger charge is -2.31. The van der Waals surface area contributed by atoms with E-state index < -0.39 is 0 Å². The molecule has 0 unspecified atom stereocenters. The SMILES string of the molecule is CCc1nc(CN2CCC(CNC(=NC)NCc3cccc(OC)c3)CC2)cs1. The van der Waals surface area contributed by atoms with Crippen molar-refractivity contribution in [2.45, 2.75) is 39.3 Å². The maximum atomic E-state index is 5.29. The Hall–Kier alpha value is -2.12. The number of aryl methyl sites for hydroxylation is 1. The molecule has 29 heavy (non-hydrogen) atoms. The number of hydrogen-bond acceptors (Lipinski definition) is 5. The van der Waals surface area contributed by atoms with E-state index in [4.69, 9.17) is 9.72 Å². The van der Waals surface area contributed by atoms with Gasteiger partial charge in [-0.3, -0.25) is 9.89 Å². The fourth-order valence-corrected chi connectivity index (χ4v) is 4.33. The van der Waals surface area contributed by atoms with E-state index in [0.717, 1.165) is 50.9 Å². The highest BCUT2D eigenvalue weighted by Crippen LogP contribution is 2.19. The Morgan fingerprint density at radius 3 is 2.83 bits per heavy atom. The Kier molecular flexibility index (Phi) is 8.31. The van der Waals surface area contributed by atoms with Crippen molar-refractivity contribution in [1.82, 2.24) is 20.5 Å². The largest absolute Gasteiger partial charge is 0.497 e. The van der Waals surface area contributed by atoms with Crippen LogP contribution in [0.2, 0.25) is 0 Å². The van der Waals surface area contributed by atoms with Gasteiger partial charge in [-0.15, -0.1) is 11.3 Å². The number of piperidine rings is 1. The molecule has 2 heterocycles. The molecular weight excluding hydrogens is 382 g/mol. The van der Waals surface area contributed by atoms with Gasteiger partial charge in [-0.1, -0.05) is 19.1 Å². The summed E-state index contributed by atoms with van der Waals surface area (Å²) in [5, 5.41) is 10.3. The number of aromatic nitrogens is 1. The third-order valence-corrected chi connectivity index (χ3v) is 6.41. The van der Waals surface area contributed by atoms with Crippen molar-refractivity contribution < 1.29 is 4.74 Å². The second kappa shape index (κ2) is 11.2. The van der Waals surface area contributed by atoms with E-state index >= 15 is 0 Å². The zero-order valence-corrected chi connectivity index (χ0v) is 18.6. The molecule has 0 atom stereocenters. The predicted octanol–water partition coefficient (Wildman–Crippen LogP) is 3.29. The van der Waals surface area contributed by atoms with Gasteiger partial charge in [-0.05, 0) is 56.0 Å². The van der Waals surface area contributed by atoms with E-state index in [9.17, 15) is 0 Å². The van der Waals surface area contributed by atoms with Gasteiger partial charge in [-0.25, -0.2) is 4.98 Å². The summed E-state index contributed by atoms with van der Waals surface area (Å²) < 4.78 is 5.29. The molecule has 1 aromatic heterocycles. The second-order valence-electron chi connectivity index (χ2n) is 7.46. The number of ether oxygens (including phenoxy) is 1. The van der Waals surface area contributed by atoms with Crippen molar-refractivity contribution in [3.8, 4) is 5.75 Å². The molecule has 2 N–H and O–H groups in total. The first-order valence-corrected chi connectivity index (χ1v) is 11.3. The van der Waals surface area contributed by atoms with Crippen molar-refractivity contribution >= 4 is 17.3 Å². The number of hydrogen-bond donors (Lipinski definition) is 2. The molecule has 0 spiro atoms. The first kappa shape index (κ1) is 21.6. The molecule has 2 aromatic rings. The molecule has 0 aliphatic carbocycles. The van der Waals surface area contributed by atoms with Crippen LogP contribution in [0.1, 0.15) is 36.0 Å². The Morgan fingerprint density at radius 2 is 2.14 bits per heavy atom. The third kappa shape index (κ3) is 6.72. The number of guanidine groups is 1. The van der Waals surface area contributed by atoms with Gasteiger partial charge in [0, 0.05) is 32.1 Å². The lowest BCUT2D eigenvalue weighted by atomic mass is 9.97. The Morgan fingerprint density at radius 1 is 1.31 bits per heavy atom. The highest BCUT2D eigenvalue weighted by molar-refractivity contribution is 7.09. The van der Waals surface area contributed by atoms with Gasteiger partial charge in [0.25, 0.3) is 0 Å². The summed E-state index contributed by atoms with van der Waals surface area (Å²) in [7, 11) is 3.51. The lowest BCUT2D eigenvalue weighted by molar-refractivity contribution is 0.176. The summed E-state index contributed by atoms with van der Waals surface area (Å²) in [5.41, 5.74) is 2.40. The summed E-state index contributed by atoms with van der Waals surface area (Å²) in [5.74, 6) is 2.41. The van der Waals surface area contributed by atoms with Crippen LogP contribution in [0.15, 0.2) is 34.6 Å². The molecule has 0 saturated carbocycles. The minimum atomic E-state index is 0.684. The van der Waals surface area contributed by atoms with Gasteiger partial charge in [0.15, 0.2) is 5.96 Å². The van der Waals surface area contributed by atoms with Crippen molar-refractivity contribution in [2.24, 2.45) is 10.9 Å². The molecule has 3 rings (SSSR count). The maximum absolute atomic E-state index is 5.29. The monoisotopic (exact) mass is 415 g/mol. The highest BCUT2D eigenvalue weighted by Gasteiger charge is 2.20. The molecule has 1 aromatic carbocycles. The standard InChI is InChI=1S/C22H33N5OS/c1-4-21-26-19(16-29-21)15-27-10-8-17(9-11-27)13-24-22(23-2)25-14-18-6-5-7-20(12-18)28-3/h5-7,12,16-17H,4,8-11,13-15H2,1-3H3,(H2,23,24,25). The van der Waals surface area contributed by atoms with Crippen LogP contribution in [-0.2, 0) is 19.5 Å². The minimum Gasteiger partial charge on any atom is -0.497 e. The maximum Gasteiger partial charge on any atom is 0.191 e. The lowest BCUT2D eigenvalue weighted by Crippen LogP contribution is -2.42. The number of aliphatic imine (C=N–C) groups is 1. The Labute approximate surface area is 178 Å². The summed E-state index contributed by atoms with van der Waals surface area (Å²) in [6, 6.07) is 8.10. The van der Waals surface area contributed by atoms with Gasteiger partial charge in [0.2, 0.25) is 0 Å². The van der Waals surface area contributed by atoms with Crippen LogP contribution >= 0.6 is 11.3 Å². The van der Waals surface area contributed by atoms with Crippen LogP contribution in [0.5, 0.6) is 5.75 Å². The molecular formula is C22H33N5OS. The molecule has 0 amide bonds. The van der Waals surface area contributed by atoms with E-state index in [2.05, 4.69) is 38.9 Å². The zero-order chi connectivity index (χ0) is 20.5. The molecule has 158 valence electrons. The predicted molar refractivity (Wildman–Crippen MR) is 121 cm³/mol. The van der Waals surface area contributed by atoms with E-state index in [1.807, 2.05) is 25.2 Å². The van der Waals surface area contributed by atoms with E-state index in [0.29, 0.717) is 5.92 Å². The molecule has 6 nitrogen and oxygen atoms in total. The van der Waals surface area contributed by atoms with Crippen molar-refractivity contribution in [2.75, 3.05) is 33.8 Å². The second-order valence-corrected chi connectivity index (χ2v) is 8.41. The molecule has 0 bridgehead atoms. The van der Waals surface area contributed by atoms with E-state index in [1.165, 1.54) is 29.1 Å². The fraction of sp³-hybridized carbons (Fsp3) is 0.545. The number of likely N-dealkylation sites (tertiary alicyclic amines) is 1. The number of methoxy groups -OCH3 is 1. The normalized spacial score (nSPS) is 16.0. The van der Waals surface area contributed by atoms with Gasteiger partial charge >= 0.3 is 0 Å². The third-order valence-electron chi connectivity index (χ3n) is 5.37. The van der Waals surface area contributed by atoms with Gasteiger partial charge in [0.1, 0.15) is 5.75 Å². The Balaban J connectivity index is 1.37. The van der Waals surface area contributed by atoms with Crippen LogP contribution in [0, 0.1) is 5.92 Å². The number of nitrogens with zero attached hydrogens (tertiary/aromatic N) is 3. The first-order chi connectivity index (χ1) is 14.2. The number of rotatable bonds is 8. The van der Waals surface area contributed by atoms with E-state index in [1.54, 1.807) is 18.4 Å². The Bertz CT molecular complexity index is 783. The average Bonchev–Trinajstić information content (AvgIpc) is 3.22. The van der Waals surface area contributed by atoms with E-state index in [-0.39, 0.29) is 0 Å². The summed E-state index contributed by atoms with van der Waals surface area (Å²) in [6.45, 7) is 7.12. The number of nitrogens with one attached hydrogen (secondary N) is 2. The van der Waals surface area contributed by atoms with Crippen molar-refractivity contribution in [3.63, 3.8) is 0 Å². The molecule has 7 heteroatoms. The first-order valence-electron chi connectivity index (χ1n) is 10.4. The fourth-order valence-electron chi connectivity index (χ4n) is 3.59. The van der Waals surface area contributed by atoms with Crippen LogP contribution in [0.25, 0.3) is 0 Å².